The average Bonchev–Trinajstić information content (AvgIpc) is 2.91. The molecule has 4 heteroatoms. The van der Waals surface area contributed by atoms with E-state index in [0.717, 1.165) is 34.4 Å². The molecule has 0 bridgehead atoms. The fraction of sp³-hybridized carbons (Fsp3) is 0.167. The average molecular weight is 291 g/mol. The van der Waals surface area contributed by atoms with Gasteiger partial charge >= 0.3 is 0 Å². The molecule has 0 aliphatic rings. The van der Waals surface area contributed by atoms with Crippen molar-refractivity contribution < 1.29 is 4.79 Å². The lowest BCUT2D eigenvalue weighted by atomic mass is 10.1. The lowest BCUT2D eigenvalue weighted by molar-refractivity contribution is 0.111. The normalized spacial score (nSPS) is 10.7. The predicted octanol–water partition coefficient (Wildman–Crippen LogP) is 3.67. The van der Waals surface area contributed by atoms with Gasteiger partial charge in [-0.25, -0.2) is 4.68 Å². The molecule has 0 N–H and O–H groups in total. The maximum atomic E-state index is 11.3. The zero-order chi connectivity index (χ0) is 15.7. The number of hydrogen-bond acceptors (Lipinski definition) is 3. The van der Waals surface area contributed by atoms with E-state index >= 15 is 0 Å². The Balaban J connectivity index is 2.23. The van der Waals surface area contributed by atoms with E-state index < -0.39 is 0 Å². The van der Waals surface area contributed by atoms with Crippen LogP contribution < -0.4 is 0 Å². The summed E-state index contributed by atoms with van der Waals surface area (Å²) in [5.74, 6) is 0. The Morgan fingerprint density at radius 3 is 2.14 bits per heavy atom. The highest BCUT2D eigenvalue weighted by Crippen LogP contribution is 2.25. The van der Waals surface area contributed by atoms with Crippen molar-refractivity contribution in [3.8, 4) is 16.9 Å². The lowest BCUT2D eigenvalue weighted by Crippen LogP contribution is -2.01. The molecular formula is C18H17N3O. The smallest absolute Gasteiger partial charge is 0.172 e. The van der Waals surface area contributed by atoms with Gasteiger partial charge in [-0.15, -0.1) is 5.10 Å². The second-order valence-electron chi connectivity index (χ2n) is 5.56. The standard InChI is InChI=1S/C18H17N3O/c1-12-4-6-15(7-5-12)18-17(11-22)19-20-21(18)16-9-13(2)8-14(3)10-16/h4-11H,1-3H3. The first-order chi connectivity index (χ1) is 10.6. The molecule has 3 rings (SSSR count). The number of nitrogens with zero attached hydrogens (tertiary/aromatic N) is 3. The summed E-state index contributed by atoms with van der Waals surface area (Å²) in [7, 11) is 0. The number of carbonyl (C=O) groups excluding carboxylic acids is 1. The quantitative estimate of drug-likeness (QED) is 0.692. The zero-order valence-corrected chi connectivity index (χ0v) is 12.9. The van der Waals surface area contributed by atoms with Gasteiger partial charge in [-0.1, -0.05) is 41.1 Å². The molecule has 22 heavy (non-hydrogen) atoms. The summed E-state index contributed by atoms with van der Waals surface area (Å²) >= 11 is 0. The second-order valence-corrected chi connectivity index (χ2v) is 5.56. The van der Waals surface area contributed by atoms with E-state index in [1.165, 1.54) is 5.56 Å². The number of aldehydes is 1. The summed E-state index contributed by atoms with van der Waals surface area (Å²) in [6.45, 7) is 6.11. The van der Waals surface area contributed by atoms with Crippen LogP contribution in [0.2, 0.25) is 0 Å². The maximum Gasteiger partial charge on any atom is 0.172 e. The van der Waals surface area contributed by atoms with Crippen molar-refractivity contribution >= 4 is 6.29 Å². The van der Waals surface area contributed by atoms with Gasteiger partial charge in [0, 0.05) is 5.56 Å². The third kappa shape index (κ3) is 2.55. The van der Waals surface area contributed by atoms with Crippen LogP contribution >= 0.6 is 0 Å². The van der Waals surface area contributed by atoms with E-state index in [1.54, 1.807) is 4.68 Å². The number of carbonyl (C=O) groups is 1. The SMILES string of the molecule is Cc1ccc(-c2c(C=O)nnn2-c2cc(C)cc(C)c2)cc1. The molecule has 2 aromatic carbocycles. The first-order valence-electron chi connectivity index (χ1n) is 7.15. The minimum absolute atomic E-state index is 0.350. The van der Waals surface area contributed by atoms with Gasteiger partial charge in [0.15, 0.2) is 12.0 Å². The largest absolute Gasteiger partial charge is 0.296 e. The summed E-state index contributed by atoms with van der Waals surface area (Å²) < 4.78 is 1.73. The van der Waals surface area contributed by atoms with Crippen molar-refractivity contribution in [2.45, 2.75) is 20.8 Å². The zero-order valence-electron chi connectivity index (χ0n) is 12.9. The molecule has 0 saturated heterocycles. The molecule has 0 radical (unpaired) electrons. The van der Waals surface area contributed by atoms with Crippen LogP contribution in [-0.4, -0.2) is 21.3 Å². The third-order valence-electron chi connectivity index (χ3n) is 3.58. The highest BCUT2D eigenvalue weighted by molar-refractivity contribution is 5.84. The molecule has 0 spiro atoms. The van der Waals surface area contributed by atoms with Crippen molar-refractivity contribution in [2.24, 2.45) is 0 Å². The van der Waals surface area contributed by atoms with E-state index in [4.69, 9.17) is 0 Å². The van der Waals surface area contributed by atoms with E-state index in [-0.39, 0.29) is 0 Å². The van der Waals surface area contributed by atoms with Crippen LogP contribution in [0.5, 0.6) is 0 Å². The molecule has 1 aromatic heterocycles. The molecule has 0 atom stereocenters. The topological polar surface area (TPSA) is 47.8 Å². The van der Waals surface area contributed by atoms with Crippen LogP contribution in [-0.2, 0) is 0 Å². The van der Waals surface area contributed by atoms with Crippen molar-refractivity contribution in [3.63, 3.8) is 0 Å². The van der Waals surface area contributed by atoms with Gasteiger partial charge in [0.2, 0.25) is 0 Å². The van der Waals surface area contributed by atoms with Crippen molar-refractivity contribution in [1.82, 2.24) is 15.0 Å². The Hall–Kier alpha value is -2.75. The minimum atomic E-state index is 0.350. The van der Waals surface area contributed by atoms with Crippen LogP contribution in [0.3, 0.4) is 0 Å². The number of benzene rings is 2. The first kappa shape index (κ1) is 14.2. The number of rotatable bonds is 3. The predicted molar refractivity (Wildman–Crippen MR) is 86.4 cm³/mol. The molecule has 1 heterocycles. The number of aryl methyl sites for hydroxylation is 3. The Kier molecular flexibility index (Phi) is 3.59. The summed E-state index contributed by atoms with van der Waals surface area (Å²) in [5, 5.41) is 8.19. The highest BCUT2D eigenvalue weighted by atomic mass is 16.1. The Morgan fingerprint density at radius 1 is 0.909 bits per heavy atom. The van der Waals surface area contributed by atoms with Gasteiger partial charge in [0.05, 0.1) is 5.69 Å². The Morgan fingerprint density at radius 2 is 1.55 bits per heavy atom. The fourth-order valence-electron chi connectivity index (χ4n) is 2.61. The van der Waals surface area contributed by atoms with Crippen molar-refractivity contribution in [2.75, 3.05) is 0 Å². The van der Waals surface area contributed by atoms with Gasteiger partial charge in [-0.05, 0) is 44.0 Å². The second kappa shape index (κ2) is 5.56. The van der Waals surface area contributed by atoms with Gasteiger partial charge < -0.3 is 0 Å². The minimum Gasteiger partial charge on any atom is -0.296 e. The monoisotopic (exact) mass is 291 g/mol. The molecule has 0 fully saturated rings. The Bertz CT molecular complexity index is 812. The molecule has 0 aliphatic carbocycles. The van der Waals surface area contributed by atoms with Crippen LogP contribution in [0.1, 0.15) is 27.2 Å². The molecule has 4 nitrogen and oxygen atoms in total. The molecular weight excluding hydrogens is 274 g/mol. The Labute approximate surface area is 129 Å². The first-order valence-corrected chi connectivity index (χ1v) is 7.15. The van der Waals surface area contributed by atoms with Gasteiger partial charge in [-0.2, -0.15) is 0 Å². The van der Waals surface area contributed by atoms with E-state index in [1.807, 2.05) is 57.2 Å². The third-order valence-corrected chi connectivity index (χ3v) is 3.58. The molecule has 3 aromatic rings. The summed E-state index contributed by atoms with van der Waals surface area (Å²) in [6, 6.07) is 14.2. The van der Waals surface area contributed by atoms with Gasteiger partial charge in [0.1, 0.15) is 5.69 Å². The van der Waals surface area contributed by atoms with Crippen LogP contribution in [0.25, 0.3) is 16.9 Å². The van der Waals surface area contributed by atoms with Gasteiger partial charge in [-0.3, -0.25) is 4.79 Å². The molecule has 0 amide bonds. The molecule has 0 saturated carbocycles. The molecule has 0 aliphatic heterocycles. The lowest BCUT2D eigenvalue weighted by Gasteiger charge is -2.09. The molecule has 110 valence electrons. The maximum absolute atomic E-state index is 11.3. The summed E-state index contributed by atoms with van der Waals surface area (Å²) in [6.07, 6.45) is 0.751. The fourth-order valence-corrected chi connectivity index (χ4v) is 2.61. The van der Waals surface area contributed by atoms with Crippen LogP contribution in [0, 0.1) is 20.8 Å². The van der Waals surface area contributed by atoms with Crippen molar-refractivity contribution in [1.29, 1.82) is 0 Å². The van der Waals surface area contributed by atoms with E-state index in [9.17, 15) is 4.79 Å². The summed E-state index contributed by atoms with van der Waals surface area (Å²) in [4.78, 5) is 11.3. The van der Waals surface area contributed by atoms with E-state index in [0.29, 0.717) is 5.69 Å². The number of aromatic nitrogens is 3. The summed E-state index contributed by atoms with van der Waals surface area (Å²) in [5.41, 5.74) is 6.37. The highest BCUT2D eigenvalue weighted by Gasteiger charge is 2.16. The van der Waals surface area contributed by atoms with Crippen molar-refractivity contribution in [3.05, 3.63) is 64.8 Å². The number of hydrogen-bond donors (Lipinski definition) is 0. The van der Waals surface area contributed by atoms with Gasteiger partial charge in [0.25, 0.3) is 0 Å². The van der Waals surface area contributed by atoms with Crippen LogP contribution in [0.4, 0.5) is 0 Å². The molecule has 0 unspecified atom stereocenters. The van der Waals surface area contributed by atoms with E-state index in [2.05, 4.69) is 16.4 Å². The van der Waals surface area contributed by atoms with Crippen LogP contribution in [0.15, 0.2) is 42.5 Å².